The van der Waals surface area contributed by atoms with Crippen LogP contribution in [0.15, 0.2) is 36.5 Å². The predicted octanol–water partition coefficient (Wildman–Crippen LogP) is 27.8. The highest BCUT2D eigenvalue weighted by molar-refractivity contribution is 5.76. The van der Waals surface area contributed by atoms with E-state index in [1.165, 1.54) is 398 Å². The van der Waals surface area contributed by atoms with Crippen LogP contribution in [0.3, 0.4) is 0 Å². The molecule has 3 N–H and O–H groups in total. The normalized spacial score (nSPS) is 12.6. The van der Waals surface area contributed by atoms with Crippen LogP contribution < -0.4 is 5.32 Å². The van der Waals surface area contributed by atoms with E-state index in [0.29, 0.717) is 19.4 Å². The van der Waals surface area contributed by atoms with Gasteiger partial charge in [-0.15, -0.1) is 0 Å². The van der Waals surface area contributed by atoms with Crippen molar-refractivity contribution in [1.82, 2.24) is 5.32 Å². The predicted molar refractivity (Wildman–Crippen MR) is 403 cm³/mol. The lowest BCUT2D eigenvalue weighted by Gasteiger charge is -2.20. The van der Waals surface area contributed by atoms with Gasteiger partial charge in [-0.1, -0.05) is 410 Å². The minimum absolute atomic E-state index is 0.0129. The molecular formula is C85H163NO5. The molecule has 0 aromatic carbocycles. The zero-order valence-corrected chi connectivity index (χ0v) is 61.9. The van der Waals surface area contributed by atoms with E-state index in [4.69, 9.17) is 4.74 Å². The number of ether oxygens (including phenoxy) is 1. The molecule has 2 unspecified atom stereocenters. The van der Waals surface area contributed by atoms with Crippen molar-refractivity contribution in [3.8, 4) is 0 Å². The van der Waals surface area contributed by atoms with Gasteiger partial charge in [0, 0.05) is 12.8 Å². The minimum atomic E-state index is -0.844. The molecule has 0 aromatic rings. The van der Waals surface area contributed by atoms with E-state index in [2.05, 4.69) is 43.5 Å². The molecule has 6 heteroatoms. The van der Waals surface area contributed by atoms with Crippen LogP contribution in [-0.2, 0) is 14.3 Å². The molecule has 0 rings (SSSR count). The molecule has 91 heavy (non-hydrogen) atoms. The minimum Gasteiger partial charge on any atom is -0.466 e. The van der Waals surface area contributed by atoms with Gasteiger partial charge in [-0.3, -0.25) is 9.59 Å². The number of esters is 1. The van der Waals surface area contributed by atoms with E-state index < -0.39 is 12.1 Å². The van der Waals surface area contributed by atoms with Crippen molar-refractivity contribution in [2.75, 3.05) is 13.2 Å². The van der Waals surface area contributed by atoms with E-state index in [1.54, 1.807) is 6.08 Å². The first kappa shape index (κ1) is 89.1. The summed E-state index contributed by atoms with van der Waals surface area (Å²) in [6.07, 6.45) is 106. The van der Waals surface area contributed by atoms with E-state index in [9.17, 15) is 19.8 Å². The molecule has 6 nitrogen and oxygen atoms in total. The van der Waals surface area contributed by atoms with E-state index in [-0.39, 0.29) is 18.5 Å². The third-order valence-electron chi connectivity index (χ3n) is 19.6. The summed E-state index contributed by atoms with van der Waals surface area (Å²) >= 11 is 0. The SMILES string of the molecule is CCCCCCCC/C=C\CCCCCCCC(=O)OCCCCCCCCCCCCCCCC/C=C\CCCCCCCCCCCCCCCCCCCC(=O)NC(CO)C(O)/C=C/CCCCCCCCCCCCCCCCCCCCCCCC. The number of rotatable bonds is 79. The first-order valence-corrected chi connectivity index (χ1v) is 41.8. The van der Waals surface area contributed by atoms with Crippen LogP contribution in [0.25, 0.3) is 0 Å². The van der Waals surface area contributed by atoms with Crippen LogP contribution in [0.1, 0.15) is 470 Å². The Kier molecular flexibility index (Phi) is 78.8. The Hall–Kier alpha value is -1.92. The summed E-state index contributed by atoms with van der Waals surface area (Å²) in [6, 6.07) is -0.627. The van der Waals surface area contributed by atoms with Gasteiger partial charge in [0.25, 0.3) is 0 Å². The second-order valence-electron chi connectivity index (χ2n) is 28.8. The maximum atomic E-state index is 12.6. The van der Waals surface area contributed by atoms with Crippen LogP contribution in [0.5, 0.6) is 0 Å². The van der Waals surface area contributed by atoms with Crippen molar-refractivity contribution in [3.63, 3.8) is 0 Å². The molecule has 0 bridgehead atoms. The summed E-state index contributed by atoms with van der Waals surface area (Å²) in [5, 5.41) is 23.3. The van der Waals surface area contributed by atoms with Crippen LogP contribution in [0.2, 0.25) is 0 Å². The van der Waals surface area contributed by atoms with Crippen LogP contribution >= 0.6 is 0 Å². The Morgan fingerprint density at radius 3 is 0.780 bits per heavy atom. The fourth-order valence-corrected chi connectivity index (χ4v) is 13.3. The van der Waals surface area contributed by atoms with Gasteiger partial charge in [-0.05, 0) is 83.5 Å². The molecule has 0 spiro atoms. The maximum absolute atomic E-state index is 12.6. The van der Waals surface area contributed by atoms with Crippen molar-refractivity contribution in [2.24, 2.45) is 0 Å². The van der Waals surface area contributed by atoms with Gasteiger partial charge < -0.3 is 20.3 Å². The zero-order valence-electron chi connectivity index (χ0n) is 61.9. The molecular weight excluding hydrogens is 1110 g/mol. The zero-order chi connectivity index (χ0) is 65.6. The van der Waals surface area contributed by atoms with Crippen molar-refractivity contribution in [1.29, 1.82) is 0 Å². The molecule has 0 radical (unpaired) electrons. The Balaban J connectivity index is 3.37. The molecule has 0 saturated heterocycles. The lowest BCUT2D eigenvalue weighted by Crippen LogP contribution is -2.45. The number of unbranched alkanes of at least 4 members (excludes halogenated alkanes) is 64. The molecule has 0 aromatic heterocycles. The molecule has 538 valence electrons. The number of allylic oxidation sites excluding steroid dienone is 5. The Labute approximate surface area is 570 Å². The number of carbonyl (C=O) groups is 2. The monoisotopic (exact) mass is 1280 g/mol. The topological polar surface area (TPSA) is 95.9 Å². The second-order valence-corrected chi connectivity index (χ2v) is 28.8. The molecule has 1 amide bonds. The molecule has 2 atom stereocenters. The summed E-state index contributed by atoms with van der Waals surface area (Å²) in [4.78, 5) is 24.6. The highest BCUT2D eigenvalue weighted by Crippen LogP contribution is 2.20. The van der Waals surface area contributed by atoms with Gasteiger partial charge in [-0.2, -0.15) is 0 Å². The average Bonchev–Trinajstić information content (AvgIpc) is 3.75. The maximum Gasteiger partial charge on any atom is 0.305 e. The van der Waals surface area contributed by atoms with Crippen LogP contribution in [0, 0.1) is 0 Å². The highest BCUT2D eigenvalue weighted by atomic mass is 16.5. The van der Waals surface area contributed by atoms with Crippen molar-refractivity contribution in [3.05, 3.63) is 36.5 Å². The lowest BCUT2D eigenvalue weighted by molar-refractivity contribution is -0.143. The molecule has 0 fully saturated rings. The number of hydrogen-bond acceptors (Lipinski definition) is 5. The van der Waals surface area contributed by atoms with Crippen molar-refractivity contribution < 1.29 is 24.5 Å². The van der Waals surface area contributed by atoms with E-state index >= 15 is 0 Å². The Bertz CT molecular complexity index is 1470. The Morgan fingerprint density at radius 2 is 0.516 bits per heavy atom. The summed E-state index contributed by atoms with van der Waals surface area (Å²) in [5.74, 6) is -0.0463. The number of hydrogen-bond donors (Lipinski definition) is 3. The van der Waals surface area contributed by atoms with Crippen molar-refractivity contribution in [2.45, 2.75) is 482 Å². The quantitative estimate of drug-likeness (QED) is 0.0320. The first-order chi connectivity index (χ1) is 45.0. The average molecular weight is 1280 g/mol. The van der Waals surface area contributed by atoms with Gasteiger partial charge in [-0.25, -0.2) is 0 Å². The molecule has 0 aliphatic carbocycles. The van der Waals surface area contributed by atoms with Gasteiger partial charge in [0.05, 0.1) is 25.4 Å². The molecule has 0 aliphatic heterocycles. The highest BCUT2D eigenvalue weighted by Gasteiger charge is 2.18. The largest absolute Gasteiger partial charge is 0.466 e. The molecule has 0 heterocycles. The summed E-state index contributed by atoms with van der Waals surface area (Å²) in [5.41, 5.74) is 0. The Morgan fingerprint density at radius 1 is 0.297 bits per heavy atom. The first-order valence-electron chi connectivity index (χ1n) is 41.8. The number of nitrogens with one attached hydrogen (secondary N) is 1. The second kappa shape index (κ2) is 80.5. The van der Waals surface area contributed by atoms with Gasteiger partial charge in [0.2, 0.25) is 5.91 Å². The number of aliphatic hydroxyl groups is 2. The fourth-order valence-electron chi connectivity index (χ4n) is 13.3. The molecule has 0 saturated carbocycles. The van der Waals surface area contributed by atoms with Crippen molar-refractivity contribution >= 4 is 11.9 Å². The number of amides is 1. The third-order valence-corrected chi connectivity index (χ3v) is 19.6. The third kappa shape index (κ3) is 77.0. The number of aliphatic hydroxyl groups excluding tert-OH is 2. The molecule has 0 aliphatic rings. The standard InChI is InChI=1S/C85H163NO5/c1-3-5-7-9-11-13-15-17-19-20-21-22-23-37-40-43-46-50-53-57-61-65-69-73-77-83(88)82(81-87)86-84(89)78-74-70-66-62-58-54-51-47-44-41-38-35-33-31-29-27-25-24-26-28-30-32-34-36-39-42-45-48-52-56-60-64-68-72-76-80-91-85(90)79-75-71-67-63-59-55-49-18-16-14-12-10-8-6-4-2/h18,26,28,49,73,77,82-83,87-88H,3-17,19-25,27,29-48,50-72,74-76,78-81H2,1-2H3,(H,86,89)/b28-26-,49-18-,77-73+. The van der Waals surface area contributed by atoms with Crippen LogP contribution in [-0.4, -0.2) is 47.4 Å². The summed E-state index contributed by atoms with van der Waals surface area (Å²) < 4.78 is 5.50. The van der Waals surface area contributed by atoms with Gasteiger partial charge >= 0.3 is 5.97 Å². The van der Waals surface area contributed by atoms with Crippen LogP contribution in [0.4, 0.5) is 0 Å². The smallest absolute Gasteiger partial charge is 0.305 e. The van der Waals surface area contributed by atoms with E-state index in [0.717, 1.165) is 44.9 Å². The van der Waals surface area contributed by atoms with Gasteiger partial charge in [0.1, 0.15) is 0 Å². The lowest BCUT2D eigenvalue weighted by atomic mass is 10.0. The summed E-state index contributed by atoms with van der Waals surface area (Å²) in [7, 11) is 0. The number of carbonyl (C=O) groups excluding carboxylic acids is 2. The summed E-state index contributed by atoms with van der Waals surface area (Å²) in [6.45, 7) is 4.95. The fraction of sp³-hybridized carbons (Fsp3) is 0.906. The van der Waals surface area contributed by atoms with E-state index in [1.807, 2.05) is 6.08 Å². The van der Waals surface area contributed by atoms with Gasteiger partial charge in [0.15, 0.2) is 0 Å².